The predicted molar refractivity (Wildman–Crippen MR) is 348 cm³/mol. The van der Waals surface area contributed by atoms with E-state index in [1.807, 2.05) is 0 Å². The van der Waals surface area contributed by atoms with Gasteiger partial charge in [-0.05, 0) is 83.5 Å². The summed E-state index contributed by atoms with van der Waals surface area (Å²) in [5.74, 6) is -0.861. The molecule has 0 rings (SSSR count). The molecular weight excluding hydrogens is 985 g/mol. The van der Waals surface area contributed by atoms with Crippen LogP contribution in [0.25, 0.3) is 0 Å². The highest BCUT2D eigenvalue weighted by atomic mass is 16.6. The summed E-state index contributed by atoms with van der Waals surface area (Å²) in [6.45, 7) is 6.58. The Hall–Kier alpha value is -2.89. The third-order valence-corrected chi connectivity index (χ3v) is 15.8. The number of unbranched alkanes of at least 4 members (excludes halogenated alkanes) is 44. The molecule has 466 valence electrons. The monoisotopic (exact) mass is 1120 g/mol. The highest BCUT2D eigenvalue weighted by Crippen LogP contribution is 2.18. The van der Waals surface area contributed by atoms with E-state index in [1.54, 1.807) is 0 Å². The average Bonchev–Trinajstić information content (AvgIpc) is 3.46. The number of rotatable bonds is 65. The second kappa shape index (κ2) is 68.6. The Kier molecular flexibility index (Phi) is 66.1. The van der Waals surface area contributed by atoms with Crippen molar-refractivity contribution in [3.8, 4) is 0 Å². The zero-order valence-corrected chi connectivity index (χ0v) is 53.6. The lowest BCUT2D eigenvalue weighted by Crippen LogP contribution is -2.30. The molecule has 0 spiro atoms. The largest absolute Gasteiger partial charge is 0.462 e. The molecule has 6 nitrogen and oxygen atoms in total. The molecule has 0 aliphatic rings. The Balaban J connectivity index is 4.32. The molecule has 0 aromatic carbocycles. The molecule has 0 amide bonds. The van der Waals surface area contributed by atoms with Crippen molar-refractivity contribution in [1.82, 2.24) is 0 Å². The average molecular weight is 1120 g/mol. The van der Waals surface area contributed by atoms with Crippen LogP contribution < -0.4 is 0 Å². The van der Waals surface area contributed by atoms with Crippen molar-refractivity contribution in [3.63, 3.8) is 0 Å². The van der Waals surface area contributed by atoms with E-state index in [4.69, 9.17) is 14.2 Å². The van der Waals surface area contributed by atoms with E-state index in [0.29, 0.717) is 19.3 Å². The minimum atomic E-state index is -0.779. The first-order chi connectivity index (χ1) is 39.5. The first kappa shape index (κ1) is 77.1. The van der Waals surface area contributed by atoms with Crippen molar-refractivity contribution in [2.45, 2.75) is 380 Å². The van der Waals surface area contributed by atoms with Gasteiger partial charge in [0, 0.05) is 19.3 Å². The van der Waals surface area contributed by atoms with Crippen molar-refractivity contribution in [3.05, 3.63) is 60.8 Å². The van der Waals surface area contributed by atoms with Crippen molar-refractivity contribution in [1.29, 1.82) is 0 Å². The van der Waals surface area contributed by atoms with Gasteiger partial charge in [0.25, 0.3) is 0 Å². The lowest BCUT2D eigenvalue weighted by molar-refractivity contribution is -0.167. The molecular formula is C74H134O6. The molecule has 0 aliphatic carbocycles. The minimum absolute atomic E-state index is 0.0748. The Morgan fingerprint density at radius 3 is 0.762 bits per heavy atom. The van der Waals surface area contributed by atoms with Crippen LogP contribution in [0.1, 0.15) is 374 Å². The van der Waals surface area contributed by atoms with Crippen LogP contribution in [0.4, 0.5) is 0 Å². The Bertz CT molecular complexity index is 1430. The summed E-state index contributed by atoms with van der Waals surface area (Å²) >= 11 is 0. The van der Waals surface area contributed by atoms with Crippen molar-refractivity contribution in [2.24, 2.45) is 0 Å². The highest BCUT2D eigenvalue weighted by Gasteiger charge is 2.19. The Morgan fingerprint density at radius 2 is 0.487 bits per heavy atom. The number of hydrogen-bond donors (Lipinski definition) is 0. The van der Waals surface area contributed by atoms with Crippen LogP contribution in [-0.4, -0.2) is 37.2 Å². The molecule has 0 saturated heterocycles. The highest BCUT2D eigenvalue weighted by molar-refractivity contribution is 5.71. The summed E-state index contributed by atoms with van der Waals surface area (Å²) in [7, 11) is 0. The fourth-order valence-corrected chi connectivity index (χ4v) is 10.5. The van der Waals surface area contributed by atoms with Crippen molar-refractivity contribution >= 4 is 17.9 Å². The van der Waals surface area contributed by atoms with Crippen LogP contribution in [0.2, 0.25) is 0 Å². The predicted octanol–water partition coefficient (Wildman–Crippen LogP) is 24.3. The third kappa shape index (κ3) is 65.9. The van der Waals surface area contributed by atoms with Gasteiger partial charge in [-0.15, -0.1) is 0 Å². The van der Waals surface area contributed by atoms with E-state index in [0.717, 1.165) is 89.9 Å². The summed E-state index contributed by atoms with van der Waals surface area (Å²) in [5.41, 5.74) is 0. The smallest absolute Gasteiger partial charge is 0.306 e. The second-order valence-electron chi connectivity index (χ2n) is 23.8. The molecule has 6 heteroatoms. The summed E-state index contributed by atoms with van der Waals surface area (Å²) in [5, 5.41) is 0. The van der Waals surface area contributed by atoms with E-state index in [1.165, 1.54) is 244 Å². The maximum absolute atomic E-state index is 13.0. The molecule has 0 radical (unpaired) electrons. The van der Waals surface area contributed by atoms with Crippen LogP contribution in [0.5, 0.6) is 0 Å². The molecule has 0 saturated carbocycles. The summed E-state index contributed by atoms with van der Waals surface area (Å²) in [4.78, 5) is 38.5. The molecule has 0 N–H and O–H groups in total. The molecule has 1 unspecified atom stereocenters. The molecule has 1 atom stereocenters. The van der Waals surface area contributed by atoms with Crippen LogP contribution in [0, 0.1) is 0 Å². The van der Waals surface area contributed by atoms with Gasteiger partial charge in [-0.1, -0.05) is 332 Å². The molecule has 0 heterocycles. The second-order valence-corrected chi connectivity index (χ2v) is 23.8. The van der Waals surface area contributed by atoms with E-state index >= 15 is 0 Å². The van der Waals surface area contributed by atoms with Crippen molar-refractivity contribution in [2.75, 3.05) is 13.2 Å². The van der Waals surface area contributed by atoms with Gasteiger partial charge in [0.1, 0.15) is 13.2 Å². The minimum Gasteiger partial charge on any atom is -0.462 e. The van der Waals surface area contributed by atoms with Gasteiger partial charge >= 0.3 is 17.9 Å². The van der Waals surface area contributed by atoms with Gasteiger partial charge in [-0.25, -0.2) is 0 Å². The lowest BCUT2D eigenvalue weighted by Gasteiger charge is -2.18. The van der Waals surface area contributed by atoms with Gasteiger partial charge in [-0.3, -0.25) is 14.4 Å². The zero-order chi connectivity index (χ0) is 57.8. The summed E-state index contributed by atoms with van der Waals surface area (Å²) in [6.07, 6.45) is 88.1. The lowest BCUT2D eigenvalue weighted by atomic mass is 10.0. The van der Waals surface area contributed by atoms with Crippen molar-refractivity contribution < 1.29 is 28.6 Å². The molecule has 0 aliphatic heterocycles. The maximum atomic E-state index is 13.0. The molecule has 0 aromatic rings. The van der Waals surface area contributed by atoms with E-state index in [-0.39, 0.29) is 31.1 Å². The van der Waals surface area contributed by atoms with Gasteiger partial charge in [0.15, 0.2) is 6.10 Å². The van der Waals surface area contributed by atoms with E-state index < -0.39 is 6.10 Å². The van der Waals surface area contributed by atoms with Gasteiger partial charge in [0.2, 0.25) is 0 Å². The van der Waals surface area contributed by atoms with Crippen LogP contribution in [0.15, 0.2) is 60.8 Å². The number of allylic oxidation sites excluding steroid dienone is 10. The van der Waals surface area contributed by atoms with Gasteiger partial charge < -0.3 is 14.2 Å². The molecule has 0 aromatic heterocycles. The fraction of sp³-hybridized carbons (Fsp3) is 0.824. The number of ether oxygens (including phenoxy) is 3. The zero-order valence-electron chi connectivity index (χ0n) is 53.6. The van der Waals surface area contributed by atoms with Gasteiger partial charge in [0.05, 0.1) is 0 Å². The topological polar surface area (TPSA) is 78.9 Å². The van der Waals surface area contributed by atoms with Crippen LogP contribution in [-0.2, 0) is 28.6 Å². The van der Waals surface area contributed by atoms with Gasteiger partial charge in [-0.2, -0.15) is 0 Å². The number of hydrogen-bond acceptors (Lipinski definition) is 6. The number of esters is 3. The Morgan fingerprint density at radius 1 is 0.263 bits per heavy atom. The normalized spacial score (nSPS) is 12.4. The standard InChI is InChI=1S/C74H134O6/c1-4-7-10-13-16-19-22-25-28-31-33-35-37-39-40-43-46-49-52-55-58-61-64-67-73(76)79-70-71(69-78-72(75)66-63-60-57-54-51-48-45-42-30-27-24-21-18-15-12-9-6-3)80-74(77)68-65-62-59-56-53-50-47-44-41-38-36-34-32-29-26-23-20-17-14-11-8-5-2/h9,12,18,21-22,25,27,30-31,33,71H,4-8,10-11,13-17,19-20,23-24,26,28-29,32,34-70H2,1-3H3/b12-9-,21-18-,25-22-,30-27-,33-31-. The van der Waals surface area contributed by atoms with E-state index in [9.17, 15) is 14.4 Å². The molecule has 0 bridgehead atoms. The molecule has 80 heavy (non-hydrogen) atoms. The quantitative estimate of drug-likeness (QED) is 0.0261. The number of carbonyl (C=O) groups is 3. The maximum Gasteiger partial charge on any atom is 0.306 e. The third-order valence-electron chi connectivity index (χ3n) is 15.8. The summed E-state index contributed by atoms with van der Waals surface area (Å²) < 4.78 is 17.0. The fourth-order valence-electron chi connectivity index (χ4n) is 10.5. The summed E-state index contributed by atoms with van der Waals surface area (Å²) in [6, 6.07) is 0. The Labute approximate surface area is 498 Å². The van der Waals surface area contributed by atoms with Crippen LogP contribution >= 0.6 is 0 Å². The first-order valence-corrected chi connectivity index (χ1v) is 35.3. The van der Waals surface area contributed by atoms with E-state index in [2.05, 4.69) is 81.5 Å². The SMILES string of the molecule is CC/C=C\C/C=C\C/C=C\CCCCCCCCCC(=O)OCC(COC(=O)CCCCCCCCCCCCC/C=C\C/C=C\CCCCCCC)OC(=O)CCCCCCCCCCCCCCCCCCCCCCCC. The van der Waals surface area contributed by atoms with Crippen LogP contribution in [0.3, 0.4) is 0 Å². The first-order valence-electron chi connectivity index (χ1n) is 35.3. The number of carbonyl (C=O) groups excluding carboxylic acids is 3. The molecule has 0 fully saturated rings.